The quantitative estimate of drug-likeness (QED) is 0.524. The van der Waals surface area contributed by atoms with Gasteiger partial charge in [0.2, 0.25) is 0 Å². The number of hydrogen-bond donors (Lipinski definition) is 1. The van der Waals surface area contributed by atoms with Gasteiger partial charge in [0.05, 0.1) is 13.2 Å². The number of aliphatic hydroxyl groups is 1. The molecule has 2 heteroatoms. The number of aliphatic hydroxyl groups excluding tert-OH is 1. The Balaban J connectivity index is 3.02. The van der Waals surface area contributed by atoms with Crippen LogP contribution >= 0.6 is 0 Å². The Hall–Kier alpha value is -0.520. The maximum absolute atomic E-state index is 8.22. The lowest BCUT2D eigenvalue weighted by Gasteiger charge is -2.02. The molecule has 0 saturated heterocycles. The maximum Gasteiger partial charge on any atom is 0.115 e. The van der Waals surface area contributed by atoms with Crippen LogP contribution in [0.4, 0.5) is 0 Å². The Kier molecular flexibility index (Phi) is 4.33. The van der Waals surface area contributed by atoms with Crippen molar-refractivity contribution in [2.45, 2.75) is 13.0 Å². The summed E-state index contributed by atoms with van der Waals surface area (Å²) in [7, 11) is 0. The fourth-order valence-electron chi connectivity index (χ4n) is 0.278. The van der Waals surface area contributed by atoms with E-state index in [4.69, 9.17) is 16.3 Å². The highest BCUT2D eigenvalue weighted by atomic mass is 16.5. The zero-order valence-corrected chi connectivity index (χ0v) is 4.92. The molecule has 1 atom stereocenters. The molecular weight excluding hydrogens is 104 g/mol. The molecule has 0 heterocycles. The van der Waals surface area contributed by atoms with Crippen LogP contribution in [0.3, 0.4) is 0 Å². The highest BCUT2D eigenvalue weighted by molar-refractivity contribution is 4.91. The molecule has 1 unspecified atom stereocenters. The van der Waals surface area contributed by atoms with Crippen molar-refractivity contribution in [1.82, 2.24) is 0 Å². The molecule has 0 fully saturated rings. The molecule has 0 saturated carbocycles. The van der Waals surface area contributed by atoms with Gasteiger partial charge < -0.3 is 9.84 Å². The molecule has 0 spiro atoms. The second-order valence-corrected chi connectivity index (χ2v) is 1.40. The van der Waals surface area contributed by atoms with Gasteiger partial charge >= 0.3 is 0 Å². The Labute approximate surface area is 49.5 Å². The van der Waals surface area contributed by atoms with Crippen molar-refractivity contribution in [1.29, 1.82) is 0 Å². The van der Waals surface area contributed by atoms with Gasteiger partial charge in [0, 0.05) is 0 Å². The largest absolute Gasteiger partial charge is 0.394 e. The van der Waals surface area contributed by atoms with Gasteiger partial charge in [-0.2, -0.15) is 0 Å². The van der Waals surface area contributed by atoms with Gasteiger partial charge in [-0.15, -0.1) is 6.42 Å². The van der Waals surface area contributed by atoms with Crippen molar-refractivity contribution in [2.75, 3.05) is 13.2 Å². The van der Waals surface area contributed by atoms with Crippen LogP contribution in [0.2, 0.25) is 0 Å². The average molecular weight is 114 g/mol. The highest BCUT2D eigenvalue weighted by Crippen LogP contribution is 1.84. The predicted molar refractivity (Wildman–Crippen MR) is 31.3 cm³/mol. The topological polar surface area (TPSA) is 29.5 Å². The van der Waals surface area contributed by atoms with Crippen molar-refractivity contribution in [2.24, 2.45) is 0 Å². The van der Waals surface area contributed by atoms with Gasteiger partial charge in [-0.1, -0.05) is 5.92 Å². The summed E-state index contributed by atoms with van der Waals surface area (Å²) in [5.74, 6) is 2.37. The molecule has 0 aromatic heterocycles. The summed E-state index contributed by atoms with van der Waals surface area (Å²) >= 11 is 0. The minimum atomic E-state index is -0.179. The molecule has 46 valence electrons. The Morgan fingerprint density at radius 3 is 2.88 bits per heavy atom. The summed E-state index contributed by atoms with van der Waals surface area (Å²) in [6.45, 7) is 2.12. The lowest BCUT2D eigenvalue weighted by molar-refractivity contribution is 0.0688. The van der Waals surface area contributed by atoms with Gasteiger partial charge in [-0.3, -0.25) is 0 Å². The zero-order chi connectivity index (χ0) is 6.41. The Bertz CT molecular complexity index is 83.0. The molecule has 8 heavy (non-hydrogen) atoms. The van der Waals surface area contributed by atoms with Gasteiger partial charge in [-0.05, 0) is 6.92 Å². The van der Waals surface area contributed by atoms with E-state index < -0.39 is 0 Å². The standard InChI is InChI=1S/C6H10O2/c1-3-6(2)8-5-4-7/h1,6-7H,4-5H2,2H3. The molecule has 0 amide bonds. The van der Waals surface area contributed by atoms with Crippen molar-refractivity contribution in [3.63, 3.8) is 0 Å². The van der Waals surface area contributed by atoms with Crippen LogP contribution in [0.25, 0.3) is 0 Å². The van der Waals surface area contributed by atoms with Crippen LogP contribution < -0.4 is 0 Å². The fraction of sp³-hybridized carbons (Fsp3) is 0.667. The summed E-state index contributed by atoms with van der Waals surface area (Å²) in [6.07, 6.45) is 4.78. The molecule has 0 aromatic rings. The minimum Gasteiger partial charge on any atom is -0.394 e. The molecule has 0 aliphatic rings. The monoisotopic (exact) mass is 114 g/mol. The first-order valence-electron chi connectivity index (χ1n) is 2.50. The molecule has 2 nitrogen and oxygen atoms in total. The Morgan fingerprint density at radius 1 is 1.88 bits per heavy atom. The summed E-state index contributed by atoms with van der Waals surface area (Å²) in [5.41, 5.74) is 0. The van der Waals surface area contributed by atoms with Crippen molar-refractivity contribution in [3.8, 4) is 12.3 Å². The van der Waals surface area contributed by atoms with E-state index >= 15 is 0 Å². The Morgan fingerprint density at radius 2 is 2.50 bits per heavy atom. The fourth-order valence-corrected chi connectivity index (χ4v) is 0.278. The maximum atomic E-state index is 8.22. The number of rotatable bonds is 3. The molecule has 0 aromatic carbocycles. The van der Waals surface area contributed by atoms with Crippen LogP contribution in [0.15, 0.2) is 0 Å². The highest BCUT2D eigenvalue weighted by Gasteiger charge is 1.91. The third-order valence-corrected chi connectivity index (χ3v) is 0.694. The minimum absolute atomic E-state index is 0.0337. The molecular formula is C6H10O2. The van der Waals surface area contributed by atoms with E-state index in [1.807, 2.05) is 0 Å². The van der Waals surface area contributed by atoms with Crippen LogP contribution in [0, 0.1) is 12.3 Å². The first kappa shape index (κ1) is 7.48. The molecule has 0 aliphatic carbocycles. The third kappa shape index (κ3) is 3.66. The van der Waals surface area contributed by atoms with E-state index in [1.54, 1.807) is 6.92 Å². The lowest BCUT2D eigenvalue weighted by Crippen LogP contribution is -2.08. The first-order valence-corrected chi connectivity index (χ1v) is 2.50. The summed E-state index contributed by atoms with van der Waals surface area (Å²) in [4.78, 5) is 0. The third-order valence-electron chi connectivity index (χ3n) is 0.694. The summed E-state index contributed by atoms with van der Waals surface area (Å²) in [6, 6.07) is 0. The van der Waals surface area contributed by atoms with Gasteiger partial charge in [-0.25, -0.2) is 0 Å². The van der Waals surface area contributed by atoms with E-state index in [0.717, 1.165) is 0 Å². The molecule has 0 radical (unpaired) electrons. The van der Waals surface area contributed by atoms with Gasteiger partial charge in [0.1, 0.15) is 6.10 Å². The number of ether oxygens (including phenoxy) is 1. The van der Waals surface area contributed by atoms with Crippen LogP contribution in [0.1, 0.15) is 6.92 Å². The molecule has 0 bridgehead atoms. The van der Waals surface area contributed by atoms with Crippen molar-refractivity contribution < 1.29 is 9.84 Å². The second-order valence-electron chi connectivity index (χ2n) is 1.40. The van der Waals surface area contributed by atoms with Gasteiger partial charge in [0.15, 0.2) is 0 Å². The summed E-state index contributed by atoms with van der Waals surface area (Å²) in [5, 5.41) is 8.22. The predicted octanol–water partition coefficient (Wildman–Crippen LogP) is 0.0170. The van der Waals surface area contributed by atoms with Crippen LogP contribution in [-0.4, -0.2) is 24.4 Å². The molecule has 0 aliphatic heterocycles. The lowest BCUT2D eigenvalue weighted by atomic mass is 10.4. The van der Waals surface area contributed by atoms with E-state index in [2.05, 4.69) is 5.92 Å². The SMILES string of the molecule is C#CC(C)OCCO. The number of terminal acetylenes is 1. The number of hydrogen-bond acceptors (Lipinski definition) is 2. The molecule has 1 N–H and O–H groups in total. The van der Waals surface area contributed by atoms with E-state index in [1.165, 1.54) is 0 Å². The van der Waals surface area contributed by atoms with Crippen LogP contribution in [-0.2, 0) is 4.74 Å². The molecule has 0 rings (SSSR count). The first-order chi connectivity index (χ1) is 3.81. The van der Waals surface area contributed by atoms with Gasteiger partial charge in [0.25, 0.3) is 0 Å². The van der Waals surface area contributed by atoms with Crippen molar-refractivity contribution in [3.05, 3.63) is 0 Å². The van der Waals surface area contributed by atoms with E-state index in [0.29, 0.717) is 6.61 Å². The zero-order valence-electron chi connectivity index (χ0n) is 4.92. The van der Waals surface area contributed by atoms with Crippen LogP contribution in [0.5, 0.6) is 0 Å². The smallest absolute Gasteiger partial charge is 0.115 e. The average Bonchev–Trinajstić information content (AvgIpc) is 1.83. The normalized spacial score (nSPS) is 12.6. The van der Waals surface area contributed by atoms with E-state index in [-0.39, 0.29) is 12.7 Å². The second kappa shape index (κ2) is 4.63. The van der Waals surface area contributed by atoms with E-state index in [9.17, 15) is 0 Å². The summed E-state index contributed by atoms with van der Waals surface area (Å²) < 4.78 is 4.85. The van der Waals surface area contributed by atoms with Crippen molar-refractivity contribution >= 4 is 0 Å².